The summed E-state index contributed by atoms with van der Waals surface area (Å²) in [6.45, 7) is 0.435. The number of piperidine rings is 1. The van der Waals surface area contributed by atoms with E-state index >= 15 is 0 Å². The van der Waals surface area contributed by atoms with Crippen LogP contribution in [0.3, 0.4) is 0 Å². The van der Waals surface area contributed by atoms with Crippen molar-refractivity contribution >= 4 is 17.9 Å². The van der Waals surface area contributed by atoms with Crippen LogP contribution in [0, 0.1) is 0 Å². The minimum absolute atomic E-state index is 0.217. The van der Waals surface area contributed by atoms with E-state index in [1.807, 2.05) is 0 Å². The van der Waals surface area contributed by atoms with Gasteiger partial charge in [0.1, 0.15) is 0 Å². The lowest BCUT2D eigenvalue weighted by Crippen LogP contribution is -2.34. The molecule has 0 radical (unpaired) electrons. The second kappa shape index (κ2) is 8.10. The molecular formula is C22H17F6NO. The molecule has 0 unspecified atom stereocenters. The van der Waals surface area contributed by atoms with Crippen LogP contribution in [0.1, 0.15) is 22.3 Å². The van der Waals surface area contributed by atoms with Gasteiger partial charge in [-0.05, 0) is 54.6 Å². The maximum absolute atomic E-state index is 12.9. The second-order valence-corrected chi connectivity index (χ2v) is 7.09. The Hall–Kier alpha value is -2.87. The molecule has 0 saturated carbocycles. The van der Waals surface area contributed by atoms with Crippen molar-refractivity contribution in [1.82, 2.24) is 4.90 Å². The third-order valence-electron chi connectivity index (χ3n) is 4.57. The van der Waals surface area contributed by atoms with Crippen molar-refractivity contribution in [1.29, 1.82) is 0 Å². The SMILES string of the molecule is CN1C/C(=C\c2cccc(C(F)(F)F)c2)C(=O)/C(=C/c2cccc(C(F)(F)F)c2)C1. The lowest BCUT2D eigenvalue weighted by Gasteiger charge is -2.26. The first-order chi connectivity index (χ1) is 13.9. The van der Waals surface area contributed by atoms with Crippen molar-refractivity contribution in [3.05, 3.63) is 81.9 Å². The highest BCUT2D eigenvalue weighted by Gasteiger charge is 2.31. The number of alkyl halides is 6. The normalized spacial score (nSPS) is 19.0. The third kappa shape index (κ3) is 5.18. The topological polar surface area (TPSA) is 20.3 Å². The van der Waals surface area contributed by atoms with Gasteiger partial charge in [-0.25, -0.2) is 0 Å². The number of rotatable bonds is 2. The van der Waals surface area contributed by atoms with E-state index < -0.39 is 29.3 Å². The minimum Gasteiger partial charge on any atom is -0.298 e. The Morgan fingerprint density at radius 1 is 0.767 bits per heavy atom. The Bertz CT molecular complexity index is 937. The van der Waals surface area contributed by atoms with E-state index in [1.165, 1.54) is 36.4 Å². The van der Waals surface area contributed by atoms with E-state index in [9.17, 15) is 31.1 Å². The number of likely N-dealkylation sites (N-methyl/N-ethyl adjacent to an activating group) is 1. The van der Waals surface area contributed by atoms with Gasteiger partial charge in [-0.2, -0.15) is 26.3 Å². The molecule has 1 saturated heterocycles. The highest BCUT2D eigenvalue weighted by molar-refractivity contribution is 6.14. The van der Waals surface area contributed by atoms with Gasteiger partial charge in [0.05, 0.1) is 11.1 Å². The van der Waals surface area contributed by atoms with Gasteiger partial charge in [-0.1, -0.05) is 24.3 Å². The summed E-state index contributed by atoms with van der Waals surface area (Å²) in [7, 11) is 1.71. The molecule has 1 aliphatic heterocycles. The summed E-state index contributed by atoms with van der Waals surface area (Å²) in [5, 5.41) is 0. The van der Waals surface area contributed by atoms with Gasteiger partial charge >= 0.3 is 12.4 Å². The first kappa shape index (κ1) is 21.8. The summed E-state index contributed by atoms with van der Waals surface area (Å²) in [4.78, 5) is 14.6. The average molecular weight is 425 g/mol. The molecule has 0 N–H and O–H groups in total. The summed E-state index contributed by atoms with van der Waals surface area (Å²) < 4.78 is 77.5. The third-order valence-corrected chi connectivity index (χ3v) is 4.57. The number of ketones is 1. The highest BCUT2D eigenvalue weighted by Crippen LogP contribution is 2.32. The molecule has 1 aliphatic rings. The first-order valence-electron chi connectivity index (χ1n) is 8.92. The fourth-order valence-corrected chi connectivity index (χ4v) is 3.22. The summed E-state index contributed by atoms with van der Waals surface area (Å²) >= 11 is 0. The van der Waals surface area contributed by atoms with Crippen LogP contribution in [-0.4, -0.2) is 30.8 Å². The lowest BCUT2D eigenvalue weighted by molar-refractivity contribution is -0.138. The van der Waals surface area contributed by atoms with E-state index in [2.05, 4.69) is 0 Å². The molecule has 0 spiro atoms. The number of carbonyl (C=O) groups excluding carboxylic acids is 1. The zero-order chi connectivity index (χ0) is 22.1. The minimum atomic E-state index is -4.50. The quantitative estimate of drug-likeness (QED) is 0.454. The fourth-order valence-electron chi connectivity index (χ4n) is 3.22. The number of nitrogens with zero attached hydrogens (tertiary/aromatic N) is 1. The van der Waals surface area contributed by atoms with E-state index in [4.69, 9.17) is 0 Å². The standard InChI is InChI=1S/C22H17F6NO/c1-29-12-16(8-14-4-2-6-18(10-14)21(23,24)25)20(30)17(13-29)9-15-5-3-7-19(11-15)22(26,27)28/h2-11H,12-13H2,1H3/b16-8+,17-9+. The Balaban J connectivity index is 1.94. The molecule has 0 aromatic heterocycles. The van der Waals surface area contributed by atoms with E-state index in [-0.39, 0.29) is 35.4 Å². The maximum atomic E-state index is 12.9. The number of likely N-dealkylation sites (tertiary alicyclic amines) is 1. The Labute approximate surface area is 169 Å². The van der Waals surface area contributed by atoms with Crippen LogP contribution in [0.25, 0.3) is 12.2 Å². The number of Topliss-reactive ketones (excluding diaryl/α,β-unsaturated/α-hetero) is 1. The molecule has 2 aromatic rings. The van der Waals surface area contributed by atoms with E-state index in [0.717, 1.165) is 24.3 Å². The van der Waals surface area contributed by atoms with Gasteiger partial charge in [-0.15, -0.1) is 0 Å². The monoisotopic (exact) mass is 425 g/mol. The van der Waals surface area contributed by atoms with E-state index in [1.54, 1.807) is 11.9 Å². The number of halogens is 6. The molecule has 8 heteroatoms. The molecule has 158 valence electrons. The molecule has 0 aliphatic carbocycles. The highest BCUT2D eigenvalue weighted by atomic mass is 19.4. The summed E-state index contributed by atoms with van der Waals surface area (Å²) in [6.07, 6.45) is -6.24. The molecule has 0 amide bonds. The van der Waals surface area contributed by atoms with Crippen molar-refractivity contribution in [2.75, 3.05) is 20.1 Å². The molecule has 1 heterocycles. The van der Waals surface area contributed by atoms with Crippen LogP contribution < -0.4 is 0 Å². The summed E-state index contributed by atoms with van der Waals surface area (Å²) in [5.74, 6) is -0.400. The van der Waals surface area contributed by atoms with Crippen molar-refractivity contribution in [2.24, 2.45) is 0 Å². The molecular weight excluding hydrogens is 408 g/mol. The predicted molar refractivity (Wildman–Crippen MR) is 101 cm³/mol. The molecule has 2 nitrogen and oxygen atoms in total. The predicted octanol–water partition coefficient (Wildman–Crippen LogP) is 5.71. The largest absolute Gasteiger partial charge is 0.416 e. The van der Waals surface area contributed by atoms with Gasteiger partial charge in [0.2, 0.25) is 0 Å². The van der Waals surface area contributed by atoms with Crippen LogP contribution in [0.4, 0.5) is 26.3 Å². The van der Waals surface area contributed by atoms with Crippen molar-refractivity contribution in [3.63, 3.8) is 0 Å². The fraction of sp³-hybridized carbons (Fsp3) is 0.227. The second-order valence-electron chi connectivity index (χ2n) is 7.09. The van der Waals surface area contributed by atoms with Gasteiger partial charge in [-0.3, -0.25) is 9.69 Å². The van der Waals surface area contributed by atoms with Gasteiger partial charge < -0.3 is 0 Å². The Kier molecular flexibility index (Phi) is 5.90. The van der Waals surface area contributed by atoms with Crippen LogP contribution in [-0.2, 0) is 17.1 Å². The van der Waals surface area contributed by atoms with Crippen molar-refractivity contribution in [3.8, 4) is 0 Å². The maximum Gasteiger partial charge on any atom is 0.416 e. The van der Waals surface area contributed by atoms with Gasteiger partial charge in [0, 0.05) is 24.2 Å². The molecule has 0 bridgehead atoms. The number of carbonyl (C=O) groups is 1. The van der Waals surface area contributed by atoms with Gasteiger partial charge in [0.25, 0.3) is 0 Å². The Morgan fingerprint density at radius 3 is 1.53 bits per heavy atom. The van der Waals surface area contributed by atoms with Crippen LogP contribution in [0.5, 0.6) is 0 Å². The van der Waals surface area contributed by atoms with Crippen molar-refractivity contribution in [2.45, 2.75) is 12.4 Å². The molecule has 2 aromatic carbocycles. The summed E-state index contributed by atoms with van der Waals surface area (Å²) in [5.41, 5.74) is -0.673. The van der Waals surface area contributed by atoms with Crippen LogP contribution in [0.15, 0.2) is 59.7 Å². The zero-order valence-electron chi connectivity index (χ0n) is 15.8. The number of hydrogen-bond donors (Lipinski definition) is 0. The lowest BCUT2D eigenvalue weighted by atomic mass is 9.94. The average Bonchev–Trinajstić information content (AvgIpc) is 2.64. The molecule has 1 fully saturated rings. The molecule has 0 atom stereocenters. The van der Waals surface area contributed by atoms with Crippen LogP contribution >= 0.6 is 0 Å². The zero-order valence-corrected chi connectivity index (χ0v) is 15.8. The summed E-state index contributed by atoms with van der Waals surface area (Å²) in [6, 6.07) is 9.21. The molecule has 30 heavy (non-hydrogen) atoms. The van der Waals surface area contributed by atoms with E-state index in [0.29, 0.717) is 0 Å². The van der Waals surface area contributed by atoms with Crippen LogP contribution in [0.2, 0.25) is 0 Å². The first-order valence-corrected chi connectivity index (χ1v) is 8.92. The smallest absolute Gasteiger partial charge is 0.298 e. The number of benzene rings is 2. The number of hydrogen-bond acceptors (Lipinski definition) is 2. The Morgan fingerprint density at radius 2 is 1.17 bits per heavy atom. The van der Waals surface area contributed by atoms with Crippen molar-refractivity contribution < 1.29 is 31.1 Å². The molecule has 3 rings (SSSR count). The van der Waals surface area contributed by atoms with Gasteiger partial charge in [0.15, 0.2) is 5.78 Å².